The van der Waals surface area contributed by atoms with Gasteiger partial charge in [-0.05, 0) is 37.5 Å². The Bertz CT molecular complexity index is 666. The van der Waals surface area contributed by atoms with Crippen LogP contribution in [-0.4, -0.2) is 18.3 Å². The number of benzene rings is 1. The van der Waals surface area contributed by atoms with E-state index >= 15 is 0 Å². The number of nitrogens with one attached hydrogen (secondary N) is 1. The molecule has 1 heterocycles. The quantitative estimate of drug-likeness (QED) is 0.929. The molecule has 1 aliphatic carbocycles. The van der Waals surface area contributed by atoms with E-state index in [2.05, 4.69) is 5.32 Å². The molecule has 0 spiro atoms. The standard InChI is InChI=1S/C17H18ClNO3/c1-2-22-15-7-6-10(8-12(15)18)11-9-16(21)19-13-4-3-5-14(20)17(11)13/h6-8,11H,2-5,9H2,1H3,(H,19,21)/t11-/m1/s1. The van der Waals surface area contributed by atoms with Crippen molar-refractivity contribution in [2.24, 2.45) is 0 Å². The highest BCUT2D eigenvalue weighted by atomic mass is 35.5. The number of halogens is 1. The maximum Gasteiger partial charge on any atom is 0.225 e. The van der Waals surface area contributed by atoms with Gasteiger partial charge in [0.15, 0.2) is 5.78 Å². The second-order valence-corrected chi connectivity index (χ2v) is 6.00. The van der Waals surface area contributed by atoms with Gasteiger partial charge in [-0.1, -0.05) is 17.7 Å². The smallest absolute Gasteiger partial charge is 0.225 e. The van der Waals surface area contributed by atoms with Crippen LogP contribution < -0.4 is 10.1 Å². The lowest BCUT2D eigenvalue weighted by Gasteiger charge is -2.31. The monoisotopic (exact) mass is 319 g/mol. The normalized spacial score (nSPS) is 21.5. The third-order valence-electron chi connectivity index (χ3n) is 4.14. The summed E-state index contributed by atoms with van der Waals surface area (Å²) in [7, 11) is 0. The molecule has 1 N–H and O–H groups in total. The van der Waals surface area contributed by atoms with Gasteiger partial charge in [-0.25, -0.2) is 0 Å². The average molecular weight is 320 g/mol. The summed E-state index contributed by atoms with van der Waals surface area (Å²) >= 11 is 6.25. The van der Waals surface area contributed by atoms with Gasteiger partial charge in [0.25, 0.3) is 0 Å². The maximum absolute atomic E-state index is 12.3. The lowest BCUT2D eigenvalue weighted by molar-refractivity contribution is -0.122. The Kier molecular flexibility index (Phi) is 4.21. The van der Waals surface area contributed by atoms with Gasteiger partial charge in [-0.2, -0.15) is 0 Å². The molecule has 1 aliphatic heterocycles. The van der Waals surface area contributed by atoms with Gasteiger partial charge in [-0.15, -0.1) is 0 Å². The van der Waals surface area contributed by atoms with Crippen molar-refractivity contribution >= 4 is 23.3 Å². The molecule has 3 rings (SSSR count). The molecule has 0 aromatic heterocycles. The van der Waals surface area contributed by atoms with Gasteiger partial charge < -0.3 is 10.1 Å². The Hall–Kier alpha value is -1.81. The zero-order valence-corrected chi connectivity index (χ0v) is 13.2. The third kappa shape index (κ3) is 2.75. The fourth-order valence-electron chi connectivity index (χ4n) is 3.20. The van der Waals surface area contributed by atoms with Gasteiger partial charge in [-0.3, -0.25) is 9.59 Å². The second kappa shape index (κ2) is 6.13. The van der Waals surface area contributed by atoms with Crippen LogP contribution >= 0.6 is 11.6 Å². The first-order valence-corrected chi connectivity index (χ1v) is 7.96. The Balaban J connectivity index is 2.00. The first-order valence-electron chi connectivity index (χ1n) is 7.58. The zero-order chi connectivity index (χ0) is 15.7. The molecule has 0 radical (unpaired) electrons. The fourth-order valence-corrected chi connectivity index (χ4v) is 3.44. The van der Waals surface area contributed by atoms with Gasteiger partial charge in [0.05, 0.1) is 11.6 Å². The molecule has 0 saturated carbocycles. The van der Waals surface area contributed by atoms with E-state index in [1.807, 2.05) is 19.1 Å². The number of hydrogen-bond acceptors (Lipinski definition) is 3. The summed E-state index contributed by atoms with van der Waals surface area (Å²) in [4.78, 5) is 24.3. The van der Waals surface area contributed by atoms with E-state index < -0.39 is 0 Å². The Morgan fingerprint density at radius 1 is 1.32 bits per heavy atom. The van der Waals surface area contributed by atoms with Gasteiger partial charge in [0.2, 0.25) is 5.91 Å². The van der Waals surface area contributed by atoms with Gasteiger partial charge in [0.1, 0.15) is 5.75 Å². The van der Waals surface area contributed by atoms with Crippen molar-refractivity contribution in [2.75, 3.05) is 6.61 Å². The molecule has 0 unspecified atom stereocenters. The molecule has 4 nitrogen and oxygen atoms in total. The van der Waals surface area contributed by atoms with Crippen LogP contribution in [0, 0.1) is 0 Å². The number of ether oxygens (including phenoxy) is 1. The number of carbonyl (C=O) groups is 2. The van der Waals surface area contributed by atoms with Crippen LogP contribution in [0.1, 0.15) is 44.1 Å². The van der Waals surface area contributed by atoms with E-state index in [4.69, 9.17) is 16.3 Å². The largest absolute Gasteiger partial charge is 0.492 e. The first kappa shape index (κ1) is 15.1. The van der Waals surface area contributed by atoms with Crippen molar-refractivity contribution in [1.82, 2.24) is 5.32 Å². The van der Waals surface area contributed by atoms with Crippen LogP contribution in [-0.2, 0) is 9.59 Å². The van der Waals surface area contributed by atoms with E-state index in [1.54, 1.807) is 6.07 Å². The number of carbonyl (C=O) groups excluding carboxylic acids is 2. The molecule has 0 bridgehead atoms. The summed E-state index contributed by atoms with van der Waals surface area (Å²) in [5.74, 6) is 0.516. The van der Waals surface area contributed by atoms with Crippen LogP contribution in [0.25, 0.3) is 0 Å². The summed E-state index contributed by atoms with van der Waals surface area (Å²) in [6.45, 7) is 2.44. The molecule has 2 aliphatic rings. The summed E-state index contributed by atoms with van der Waals surface area (Å²) < 4.78 is 5.44. The van der Waals surface area contributed by atoms with Crippen LogP contribution in [0.4, 0.5) is 0 Å². The molecule has 0 fully saturated rings. The Morgan fingerprint density at radius 3 is 2.86 bits per heavy atom. The highest BCUT2D eigenvalue weighted by Gasteiger charge is 2.34. The first-order chi connectivity index (χ1) is 10.6. The van der Waals surface area contributed by atoms with Crippen molar-refractivity contribution in [3.8, 4) is 5.75 Å². The minimum atomic E-state index is -0.204. The molecule has 1 aromatic carbocycles. The molecular weight excluding hydrogens is 302 g/mol. The molecule has 1 atom stereocenters. The summed E-state index contributed by atoms with van der Waals surface area (Å²) in [5.41, 5.74) is 2.44. The van der Waals surface area contributed by atoms with Crippen molar-refractivity contribution in [2.45, 2.75) is 38.5 Å². The van der Waals surface area contributed by atoms with Crippen molar-refractivity contribution in [3.63, 3.8) is 0 Å². The molecular formula is C17H18ClNO3. The highest BCUT2D eigenvalue weighted by Crippen LogP contribution is 2.39. The van der Waals surface area contributed by atoms with E-state index in [-0.39, 0.29) is 24.0 Å². The topological polar surface area (TPSA) is 55.4 Å². The number of hydrogen-bond donors (Lipinski definition) is 1. The summed E-state index contributed by atoms with van der Waals surface area (Å²) in [5, 5.41) is 3.37. The lowest BCUT2D eigenvalue weighted by Crippen LogP contribution is -2.36. The molecule has 0 saturated heterocycles. The number of amides is 1. The minimum absolute atomic E-state index is 0.0385. The number of ketones is 1. The van der Waals surface area contributed by atoms with E-state index in [1.165, 1.54) is 0 Å². The third-order valence-corrected chi connectivity index (χ3v) is 4.44. The van der Waals surface area contributed by atoms with Crippen LogP contribution in [0.3, 0.4) is 0 Å². The number of rotatable bonds is 3. The second-order valence-electron chi connectivity index (χ2n) is 5.60. The van der Waals surface area contributed by atoms with Crippen LogP contribution in [0.2, 0.25) is 5.02 Å². The molecule has 22 heavy (non-hydrogen) atoms. The predicted molar refractivity (Wildman–Crippen MR) is 84.0 cm³/mol. The van der Waals surface area contributed by atoms with Crippen LogP contribution in [0.5, 0.6) is 5.75 Å². The van der Waals surface area contributed by atoms with Crippen LogP contribution in [0.15, 0.2) is 29.5 Å². The molecule has 5 heteroatoms. The van der Waals surface area contributed by atoms with Gasteiger partial charge in [0, 0.05) is 30.0 Å². The minimum Gasteiger partial charge on any atom is -0.492 e. The van der Waals surface area contributed by atoms with Crippen molar-refractivity contribution in [3.05, 3.63) is 40.1 Å². The maximum atomic E-state index is 12.3. The molecule has 1 amide bonds. The molecule has 116 valence electrons. The summed E-state index contributed by atoms with van der Waals surface area (Å²) in [6.07, 6.45) is 2.40. The predicted octanol–water partition coefficient (Wildman–Crippen LogP) is 3.35. The highest BCUT2D eigenvalue weighted by molar-refractivity contribution is 6.32. The van der Waals surface area contributed by atoms with Gasteiger partial charge >= 0.3 is 0 Å². The number of allylic oxidation sites excluding steroid dienone is 2. The lowest BCUT2D eigenvalue weighted by atomic mass is 9.78. The summed E-state index contributed by atoms with van der Waals surface area (Å²) in [6, 6.07) is 5.51. The van der Waals surface area contributed by atoms with E-state index in [0.717, 1.165) is 29.7 Å². The number of Topliss-reactive ketones (excluding diaryl/α,β-unsaturated/α-hetero) is 1. The zero-order valence-electron chi connectivity index (χ0n) is 12.4. The van der Waals surface area contributed by atoms with Crippen molar-refractivity contribution < 1.29 is 14.3 Å². The SMILES string of the molecule is CCOc1ccc([C@H]2CC(=O)NC3=C2C(=O)CCC3)cc1Cl. The van der Waals surface area contributed by atoms with E-state index in [0.29, 0.717) is 23.8 Å². The average Bonchev–Trinajstić information content (AvgIpc) is 2.48. The van der Waals surface area contributed by atoms with E-state index in [9.17, 15) is 9.59 Å². The van der Waals surface area contributed by atoms with Crippen molar-refractivity contribution in [1.29, 1.82) is 0 Å². The Labute approximate surface area is 134 Å². The molecule has 1 aromatic rings. The fraction of sp³-hybridized carbons (Fsp3) is 0.412. The Morgan fingerprint density at radius 2 is 2.14 bits per heavy atom.